The molecule has 6 heteroatoms. The highest BCUT2D eigenvalue weighted by Gasteiger charge is 2.53. The van der Waals surface area contributed by atoms with E-state index in [1.807, 2.05) is 44.3 Å². The lowest BCUT2D eigenvalue weighted by molar-refractivity contribution is -0.147. The number of amides is 2. The van der Waals surface area contributed by atoms with Crippen LogP contribution in [0.3, 0.4) is 0 Å². The molecule has 0 saturated carbocycles. The van der Waals surface area contributed by atoms with E-state index in [1.165, 1.54) is 0 Å². The van der Waals surface area contributed by atoms with Crippen molar-refractivity contribution in [3.63, 3.8) is 0 Å². The molecule has 2 aromatic rings. The van der Waals surface area contributed by atoms with Crippen molar-refractivity contribution in [3.8, 4) is 0 Å². The van der Waals surface area contributed by atoms with Crippen LogP contribution in [0.4, 0.5) is 0 Å². The van der Waals surface area contributed by atoms with Crippen LogP contribution in [0.1, 0.15) is 38.7 Å². The Bertz CT molecular complexity index is 1000. The summed E-state index contributed by atoms with van der Waals surface area (Å²) >= 11 is 3.59. The minimum absolute atomic E-state index is 0.0936. The number of rotatable bonds is 3. The lowest BCUT2D eigenvalue weighted by Crippen LogP contribution is -2.63. The molecule has 2 amide bonds. The first kappa shape index (κ1) is 18.0. The number of aromatic amines is 1. The highest BCUT2D eigenvalue weighted by atomic mass is 79.9. The topological polar surface area (TPSA) is 65.2 Å². The maximum absolute atomic E-state index is 13.2. The summed E-state index contributed by atoms with van der Waals surface area (Å²) in [6, 6.07) is 7.91. The second-order valence-electron chi connectivity index (χ2n) is 7.48. The normalized spacial score (nSPS) is 23.7. The number of aromatic nitrogens is 1. The molecule has 1 aromatic carbocycles. The number of para-hydroxylation sites is 1. The number of hydrogen-bond acceptors (Lipinski definition) is 2. The lowest BCUT2D eigenvalue weighted by atomic mass is 9.87. The number of carbonyl (C=O) groups excluding carboxylic acids is 2. The highest BCUT2D eigenvalue weighted by Crippen LogP contribution is 2.41. The van der Waals surface area contributed by atoms with Gasteiger partial charge in [0.1, 0.15) is 11.2 Å². The Morgan fingerprint density at radius 1 is 1.30 bits per heavy atom. The molecule has 140 valence electrons. The van der Waals surface area contributed by atoms with Gasteiger partial charge in [0.2, 0.25) is 0 Å². The van der Waals surface area contributed by atoms with Crippen molar-refractivity contribution in [3.05, 3.63) is 51.8 Å². The van der Waals surface area contributed by atoms with E-state index in [2.05, 4.69) is 26.2 Å². The van der Waals surface area contributed by atoms with Gasteiger partial charge in [0.25, 0.3) is 11.8 Å². The summed E-state index contributed by atoms with van der Waals surface area (Å²) in [5, 5.41) is 3.92. The zero-order valence-corrected chi connectivity index (χ0v) is 17.0. The van der Waals surface area contributed by atoms with Crippen molar-refractivity contribution in [2.24, 2.45) is 0 Å². The standard InChI is InChI=1S/C21H22BrN3O2/c1-13(2)16(22)11-21-8-5-9-25(21)19(26)18(24-20(21)27)10-14-12-23-17-7-4-3-6-15(14)17/h3-4,6-7,10,12,23H,5,8-9,11H2,1-2H3,(H,24,27)/b18-10-. The molecule has 4 rings (SSSR count). The second-order valence-corrected chi connectivity index (χ2v) is 8.43. The van der Waals surface area contributed by atoms with E-state index in [4.69, 9.17) is 0 Å². The third-order valence-corrected chi connectivity index (χ3v) is 6.62. The fraction of sp³-hybridized carbons (Fsp3) is 0.333. The molecule has 3 heterocycles. The quantitative estimate of drug-likeness (QED) is 0.724. The zero-order valence-electron chi connectivity index (χ0n) is 15.4. The smallest absolute Gasteiger partial charge is 0.271 e. The summed E-state index contributed by atoms with van der Waals surface area (Å²) in [7, 11) is 0. The molecular formula is C21H22BrN3O2. The Kier molecular flexibility index (Phi) is 4.46. The fourth-order valence-electron chi connectivity index (χ4n) is 4.01. The van der Waals surface area contributed by atoms with Gasteiger partial charge in [-0.1, -0.05) is 39.7 Å². The number of piperazine rings is 1. The summed E-state index contributed by atoms with van der Waals surface area (Å²) in [6.45, 7) is 4.62. The number of fused-ring (bicyclic) bond motifs is 2. The Balaban J connectivity index is 1.71. The van der Waals surface area contributed by atoms with Gasteiger partial charge in [0.15, 0.2) is 0 Å². The van der Waals surface area contributed by atoms with Gasteiger partial charge in [0, 0.05) is 35.6 Å². The molecule has 1 atom stereocenters. The first-order valence-corrected chi connectivity index (χ1v) is 9.95. The summed E-state index contributed by atoms with van der Waals surface area (Å²) < 4.78 is 0.987. The third kappa shape index (κ3) is 2.92. The zero-order chi connectivity index (χ0) is 19.2. The predicted octanol–water partition coefficient (Wildman–Crippen LogP) is 4.08. The van der Waals surface area contributed by atoms with Gasteiger partial charge in [-0.25, -0.2) is 0 Å². The first-order valence-electron chi connectivity index (χ1n) is 9.15. The Labute approximate surface area is 166 Å². The number of nitrogens with one attached hydrogen (secondary N) is 2. The third-order valence-electron chi connectivity index (χ3n) is 5.55. The van der Waals surface area contributed by atoms with E-state index in [1.54, 1.807) is 11.0 Å². The van der Waals surface area contributed by atoms with Gasteiger partial charge in [0.05, 0.1) is 0 Å². The van der Waals surface area contributed by atoms with Crippen molar-refractivity contribution < 1.29 is 9.59 Å². The van der Waals surface area contributed by atoms with Crippen molar-refractivity contribution in [2.45, 2.75) is 38.6 Å². The molecule has 2 fully saturated rings. The Hall–Kier alpha value is -2.34. The minimum atomic E-state index is -0.787. The van der Waals surface area contributed by atoms with Gasteiger partial charge < -0.3 is 15.2 Å². The summed E-state index contributed by atoms with van der Waals surface area (Å²) in [6.07, 6.45) is 5.68. The van der Waals surface area contributed by atoms with E-state index in [-0.39, 0.29) is 11.8 Å². The number of nitrogens with zero attached hydrogens (tertiary/aromatic N) is 1. The van der Waals surface area contributed by atoms with Crippen LogP contribution in [0.15, 0.2) is 46.2 Å². The monoisotopic (exact) mass is 427 g/mol. The van der Waals surface area contributed by atoms with Crippen LogP contribution in [0, 0.1) is 0 Å². The van der Waals surface area contributed by atoms with E-state index in [9.17, 15) is 9.59 Å². The lowest BCUT2D eigenvalue weighted by Gasteiger charge is -2.41. The molecule has 0 radical (unpaired) electrons. The summed E-state index contributed by atoms with van der Waals surface area (Å²) in [5.74, 6) is -0.199. The van der Waals surface area contributed by atoms with Gasteiger partial charge in [-0.05, 0) is 43.3 Å². The van der Waals surface area contributed by atoms with Crippen LogP contribution in [0.5, 0.6) is 0 Å². The van der Waals surface area contributed by atoms with Gasteiger partial charge in [-0.2, -0.15) is 0 Å². The molecule has 1 aromatic heterocycles. The van der Waals surface area contributed by atoms with Crippen molar-refractivity contribution in [1.82, 2.24) is 15.2 Å². The summed E-state index contributed by atoms with van der Waals surface area (Å²) in [4.78, 5) is 31.2. The van der Waals surface area contributed by atoms with Crippen LogP contribution in [-0.4, -0.2) is 33.8 Å². The average Bonchev–Trinajstić information content (AvgIpc) is 3.25. The number of hydrogen-bond donors (Lipinski definition) is 2. The minimum Gasteiger partial charge on any atom is -0.361 e. The second kappa shape index (κ2) is 6.68. The highest BCUT2D eigenvalue weighted by molar-refractivity contribution is 9.11. The number of carbonyl (C=O) groups is 2. The maximum atomic E-state index is 13.2. The Morgan fingerprint density at radius 2 is 2.07 bits per heavy atom. The maximum Gasteiger partial charge on any atom is 0.271 e. The largest absolute Gasteiger partial charge is 0.361 e. The predicted molar refractivity (Wildman–Crippen MR) is 110 cm³/mol. The van der Waals surface area contributed by atoms with Gasteiger partial charge in [-0.15, -0.1) is 0 Å². The molecular weight excluding hydrogens is 406 g/mol. The van der Waals surface area contributed by atoms with Gasteiger partial charge in [-0.3, -0.25) is 9.59 Å². The van der Waals surface area contributed by atoms with Crippen molar-refractivity contribution in [1.29, 1.82) is 0 Å². The fourth-order valence-corrected chi connectivity index (χ4v) is 4.48. The Morgan fingerprint density at radius 3 is 2.85 bits per heavy atom. The molecule has 2 saturated heterocycles. The van der Waals surface area contributed by atoms with E-state index < -0.39 is 5.54 Å². The molecule has 0 bridgehead atoms. The number of allylic oxidation sites excluding steroid dienone is 1. The van der Waals surface area contributed by atoms with Gasteiger partial charge >= 0.3 is 0 Å². The van der Waals surface area contributed by atoms with E-state index in [0.717, 1.165) is 32.9 Å². The molecule has 2 aliphatic heterocycles. The average molecular weight is 428 g/mol. The SMILES string of the molecule is CC(C)=C(Br)CC12CCCN1C(=O)/C(=C/c1c[nH]c3ccccc13)NC2=O. The van der Waals surface area contributed by atoms with E-state index in [0.29, 0.717) is 25.1 Å². The van der Waals surface area contributed by atoms with Crippen LogP contribution >= 0.6 is 15.9 Å². The molecule has 0 spiro atoms. The number of benzene rings is 1. The molecule has 2 N–H and O–H groups in total. The molecule has 27 heavy (non-hydrogen) atoms. The number of H-pyrrole nitrogens is 1. The number of halogens is 1. The molecule has 0 aliphatic carbocycles. The van der Waals surface area contributed by atoms with E-state index >= 15 is 0 Å². The van der Waals surface area contributed by atoms with Crippen LogP contribution < -0.4 is 5.32 Å². The van der Waals surface area contributed by atoms with Crippen LogP contribution in [-0.2, 0) is 9.59 Å². The summed E-state index contributed by atoms with van der Waals surface area (Å²) in [5.41, 5.74) is 2.57. The van der Waals surface area contributed by atoms with Crippen molar-refractivity contribution >= 4 is 44.7 Å². The molecule has 2 aliphatic rings. The first-order chi connectivity index (χ1) is 12.9. The van der Waals surface area contributed by atoms with Crippen LogP contribution in [0.2, 0.25) is 0 Å². The molecule has 5 nitrogen and oxygen atoms in total. The van der Waals surface area contributed by atoms with Crippen molar-refractivity contribution in [2.75, 3.05) is 6.54 Å². The molecule has 1 unspecified atom stereocenters. The van der Waals surface area contributed by atoms with Crippen LogP contribution in [0.25, 0.3) is 17.0 Å².